The number of urea groups is 1. The highest BCUT2D eigenvalue weighted by Crippen LogP contribution is 2.20. The Bertz CT molecular complexity index is 406. The normalized spacial score (nSPS) is 19.0. The Kier molecular flexibility index (Phi) is 5.99. The third kappa shape index (κ3) is 3.86. The summed E-state index contributed by atoms with van der Waals surface area (Å²) in [5.41, 5.74) is -1.25. The number of likely N-dealkylation sites (tertiary alicyclic amines) is 1. The van der Waals surface area contributed by atoms with Crippen LogP contribution in [0.4, 0.5) is 4.79 Å². The van der Waals surface area contributed by atoms with Crippen molar-refractivity contribution in [2.24, 2.45) is 5.92 Å². The maximum atomic E-state index is 12.3. The summed E-state index contributed by atoms with van der Waals surface area (Å²) in [6.07, 6.45) is 1.99. The van der Waals surface area contributed by atoms with Gasteiger partial charge < -0.3 is 20.1 Å². The SMILES string of the molecule is CCC(CC)(NC(=O)N1CCCC(C(=O)OC)C1)C(=O)O. The Labute approximate surface area is 124 Å². The van der Waals surface area contributed by atoms with Gasteiger partial charge in [0.05, 0.1) is 13.0 Å². The number of rotatable bonds is 5. The molecule has 0 saturated carbocycles. The highest BCUT2D eigenvalue weighted by atomic mass is 16.5. The number of hydrogen-bond donors (Lipinski definition) is 2. The molecule has 0 radical (unpaired) electrons. The molecule has 0 bridgehead atoms. The van der Waals surface area contributed by atoms with Crippen molar-refractivity contribution >= 4 is 18.0 Å². The van der Waals surface area contributed by atoms with Crippen LogP contribution in [-0.4, -0.2) is 53.7 Å². The van der Waals surface area contributed by atoms with Crippen molar-refractivity contribution in [2.75, 3.05) is 20.2 Å². The van der Waals surface area contributed by atoms with Gasteiger partial charge >= 0.3 is 18.0 Å². The summed E-state index contributed by atoms with van der Waals surface area (Å²) in [6, 6.07) is -0.435. The molecule has 1 aliphatic heterocycles. The second-order valence-electron chi connectivity index (χ2n) is 5.33. The van der Waals surface area contributed by atoms with Gasteiger partial charge in [-0.25, -0.2) is 9.59 Å². The largest absolute Gasteiger partial charge is 0.480 e. The van der Waals surface area contributed by atoms with Gasteiger partial charge in [0.15, 0.2) is 0 Å². The lowest BCUT2D eigenvalue weighted by molar-refractivity contribution is -0.147. The van der Waals surface area contributed by atoms with Crippen LogP contribution in [0.15, 0.2) is 0 Å². The first-order chi connectivity index (χ1) is 9.90. The van der Waals surface area contributed by atoms with E-state index in [-0.39, 0.29) is 18.4 Å². The predicted molar refractivity (Wildman–Crippen MR) is 75.8 cm³/mol. The van der Waals surface area contributed by atoms with Gasteiger partial charge in [0.1, 0.15) is 5.54 Å². The number of carboxylic acid groups (broad SMARTS) is 1. The van der Waals surface area contributed by atoms with E-state index >= 15 is 0 Å². The lowest BCUT2D eigenvalue weighted by Gasteiger charge is -2.35. The summed E-state index contributed by atoms with van der Waals surface area (Å²) >= 11 is 0. The van der Waals surface area contributed by atoms with Crippen molar-refractivity contribution in [3.8, 4) is 0 Å². The number of carbonyl (C=O) groups is 3. The lowest BCUT2D eigenvalue weighted by Crippen LogP contribution is -2.58. The van der Waals surface area contributed by atoms with Crippen molar-refractivity contribution in [3.05, 3.63) is 0 Å². The molecule has 7 nitrogen and oxygen atoms in total. The van der Waals surface area contributed by atoms with Gasteiger partial charge in [-0.05, 0) is 25.7 Å². The highest BCUT2D eigenvalue weighted by Gasteiger charge is 2.38. The van der Waals surface area contributed by atoms with Gasteiger partial charge in [0, 0.05) is 13.1 Å². The van der Waals surface area contributed by atoms with Crippen molar-refractivity contribution in [3.63, 3.8) is 0 Å². The summed E-state index contributed by atoms with van der Waals surface area (Å²) in [4.78, 5) is 36.8. The summed E-state index contributed by atoms with van der Waals surface area (Å²) in [6.45, 7) is 4.24. The first kappa shape index (κ1) is 17.3. The zero-order valence-corrected chi connectivity index (χ0v) is 12.8. The molecule has 1 aliphatic rings. The van der Waals surface area contributed by atoms with Gasteiger partial charge in [0.2, 0.25) is 0 Å². The number of piperidine rings is 1. The molecule has 0 aromatic carbocycles. The van der Waals surface area contributed by atoms with Crippen LogP contribution >= 0.6 is 0 Å². The number of nitrogens with zero attached hydrogens (tertiary/aromatic N) is 1. The van der Waals surface area contributed by atoms with Crippen molar-refractivity contribution < 1.29 is 24.2 Å². The Morgan fingerprint density at radius 2 is 1.95 bits per heavy atom. The van der Waals surface area contributed by atoms with Crippen LogP contribution in [0.3, 0.4) is 0 Å². The number of ether oxygens (including phenoxy) is 1. The van der Waals surface area contributed by atoms with Crippen LogP contribution < -0.4 is 5.32 Å². The zero-order valence-electron chi connectivity index (χ0n) is 12.8. The molecule has 7 heteroatoms. The molecular weight excluding hydrogens is 276 g/mol. The second kappa shape index (κ2) is 7.28. The Morgan fingerprint density at radius 3 is 2.43 bits per heavy atom. The maximum absolute atomic E-state index is 12.3. The summed E-state index contributed by atoms with van der Waals surface area (Å²) in [5.74, 6) is -1.71. The third-order valence-electron chi connectivity index (χ3n) is 4.21. The van der Waals surface area contributed by atoms with Crippen LogP contribution in [0, 0.1) is 5.92 Å². The van der Waals surface area contributed by atoms with Crippen LogP contribution in [0.1, 0.15) is 39.5 Å². The smallest absolute Gasteiger partial charge is 0.329 e. The number of methoxy groups -OCH3 is 1. The molecule has 1 atom stereocenters. The molecule has 1 rings (SSSR count). The average molecular weight is 300 g/mol. The Hall–Kier alpha value is -1.79. The fraction of sp³-hybridized carbons (Fsp3) is 0.786. The molecule has 0 aromatic heterocycles. The number of hydrogen-bond acceptors (Lipinski definition) is 4. The Morgan fingerprint density at radius 1 is 1.33 bits per heavy atom. The Balaban J connectivity index is 2.74. The molecule has 0 spiro atoms. The minimum absolute atomic E-state index is 0.266. The molecule has 21 heavy (non-hydrogen) atoms. The number of amides is 2. The number of esters is 1. The first-order valence-electron chi connectivity index (χ1n) is 7.28. The van der Waals surface area contributed by atoms with Gasteiger partial charge in [-0.15, -0.1) is 0 Å². The summed E-state index contributed by atoms with van der Waals surface area (Å²) in [5, 5.41) is 12.0. The standard InChI is InChI=1S/C14H24N2O5/c1-4-14(5-2,12(18)19)15-13(20)16-8-6-7-10(9-16)11(17)21-3/h10H,4-9H2,1-3H3,(H,15,20)(H,18,19). The average Bonchev–Trinajstić information content (AvgIpc) is 2.51. The van der Waals surface area contributed by atoms with E-state index in [4.69, 9.17) is 4.74 Å². The number of carbonyl (C=O) groups excluding carboxylic acids is 2. The van der Waals surface area contributed by atoms with Crippen LogP contribution in [-0.2, 0) is 14.3 Å². The van der Waals surface area contributed by atoms with E-state index in [9.17, 15) is 19.5 Å². The molecule has 1 unspecified atom stereocenters. The van der Waals surface area contributed by atoms with Gasteiger partial charge in [-0.2, -0.15) is 0 Å². The van der Waals surface area contributed by atoms with E-state index in [1.807, 2.05) is 0 Å². The highest BCUT2D eigenvalue weighted by molar-refractivity contribution is 5.86. The summed E-state index contributed by atoms with van der Waals surface area (Å²) < 4.78 is 4.71. The van der Waals surface area contributed by atoms with E-state index in [1.54, 1.807) is 13.8 Å². The number of aliphatic carboxylic acids is 1. The fourth-order valence-corrected chi connectivity index (χ4v) is 2.59. The lowest BCUT2D eigenvalue weighted by atomic mass is 9.93. The maximum Gasteiger partial charge on any atom is 0.329 e. The van der Waals surface area contributed by atoms with Crippen molar-refractivity contribution in [1.29, 1.82) is 0 Å². The number of nitrogens with one attached hydrogen (secondary N) is 1. The third-order valence-corrected chi connectivity index (χ3v) is 4.21. The van der Waals surface area contributed by atoms with E-state index in [0.717, 1.165) is 0 Å². The summed E-state index contributed by atoms with van der Waals surface area (Å²) in [7, 11) is 1.32. The second-order valence-corrected chi connectivity index (χ2v) is 5.33. The topological polar surface area (TPSA) is 95.9 Å². The van der Waals surface area contributed by atoms with E-state index < -0.39 is 17.5 Å². The van der Waals surface area contributed by atoms with E-state index in [0.29, 0.717) is 32.2 Å². The molecule has 1 heterocycles. The molecule has 120 valence electrons. The minimum Gasteiger partial charge on any atom is -0.480 e. The monoisotopic (exact) mass is 300 g/mol. The number of carboxylic acids is 1. The van der Waals surface area contributed by atoms with Crippen LogP contribution in [0.2, 0.25) is 0 Å². The van der Waals surface area contributed by atoms with Crippen molar-refractivity contribution in [2.45, 2.75) is 45.1 Å². The van der Waals surface area contributed by atoms with E-state index in [2.05, 4.69) is 5.32 Å². The van der Waals surface area contributed by atoms with Gasteiger partial charge in [-0.3, -0.25) is 4.79 Å². The predicted octanol–water partition coefficient (Wildman–Crippen LogP) is 1.22. The quantitative estimate of drug-likeness (QED) is 0.744. The molecule has 0 aliphatic carbocycles. The minimum atomic E-state index is -1.25. The van der Waals surface area contributed by atoms with Gasteiger partial charge in [0.25, 0.3) is 0 Å². The molecule has 1 saturated heterocycles. The first-order valence-corrected chi connectivity index (χ1v) is 7.28. The molecular formula is C14H24N2O5. The molecule has 2 N–H and O–H groups in total. The zero-order chi connectivity index (χ0) is 16.0. The molecule has 0 aromatic rings. The van der Waals surface area contributed by atoms with E-state index in [1.165, 1.54) is 12.0 Å². The van der Waals surface area contributed by atoms with Crippen LogP contribution in [0.25, 0.3) is 0 Å². The molecule has 1 fully saturated rings. The van der Waals surface area contributed by atoms with Gasteiger partial charge in [-0.1, -0.05) is 13.8 Å². The van der Waals surface area contributed by atoms with Crippen LogP contribution in [0.5, 0.6) is 0 Å². The fourth-order valence-electron chi connectivity index (χ4n) is 2.59. The van der Waals surface area contributed by atoms with Crippen molar-refractivity contribution in [1.82, 2.24) is 10.2 Å². The molecule has 2 amide bonds.